The van der Waals surface area contributed by atoms with Crippen molar-refractivity contribution in [2.24, 2.45) is 0 Å². The molecule has 0 saturated heterocycles. The molecule has 0 radical (unpaired) electrons. The van der Waals surface area contributed by atoms with E-state index in [1.165, 1.54) is 0 Å². The van der Waals surface area contributed by atoms with Crippen LogP contribution in [-0.4, -0.2) is 6.10 Å². The summed E-state index contributed by atoms with van der Waals surface area (Å²) >= 11 is 12.7. The van der Waals surface area contributed by atoms with Gasteiger partial charge in [0, 0.05) is 5.02 Å². The van der Waals surface area contributed by atoms with Crippen molar-refractivity contribution in [3.63, 3.8) is 0 Å². The molecule has 20 heavy (non-hydrogen) atoms. The van der Waals surface area contributed by atoms with E-state index >= 15 is 0 Å². The Kier molecular flexibility index (Phi) is 4.95. The van der Waals surface area contributed by atoms with Crippen LogP contribution in [0.4, 0.5) is 0 Å². The molecule has 1 unspecified atom stereocenters. The molecule has 0 aromatic heterocycles. The van der Waals surface area contributed by atoms with Crippen molar-refractivity contribution in [1.29, 1.82) is 0 Å². The van der Waals surface area contributed by atoms with Gasteiger partial charge in [0.2, 0.25) is 0 Å². The second kappa shape index (κ2) is 6.51. The van der Waals surface area contributed by atoms with Gasteiger partial charge in [-0.1, -0.05) is 35.9 Å². The van der Waals surface area contributed by atoms with Crippen molar-refractivity contribution in [2.45, 2.75) is 32.3 Å². The highest BCUT2D eigenvalue weighted by Crippen LogP contribution is 2.32. The van der Waals surface area contributed by atoms with Gasteiger partial charge in [-0.2, -0.15) is 0 Å². The molecule has 106 valence electrons. The summed E-state index contributed by atoms with van der Waals surface area (Å²) in [4.78, 5) is 0. The predicted molar refractivity (Wildman–Crippen MR) is 86.1 cm³/mol. The summed E-state index contributed by atoms with van der Waals surface area (Å²) in [5.41, 5.74) is 3.09. The number of hydrogen-bond acceptors (Lipinski definition) is 1. The van der Waals surface area contributed by atoms with Gasteiger partial charge in [0.25, 0.3) is 0 Å². The van der Waals surface area contributed by atoms with E-state index in [0.717, 1.165) is 27.5 Å². The van der Waals surface area contributed by atoms with Crippen LogP contribution in [0.15, 0.2) is 42.5 Å². The van der Waals surface area contributed by atoms with E-state index in [0.29, 0.717) is 0 Å². The number of rotatable bonds is 4. The van der Waals surface area contributed by atoms with E-state index in [4.69, 9.17) is 27.9 Å². The van der Waals surface area contributed by atoms with Crippen LogP contribution in [0, 0.1) is 6.92 Å². The molecule has 0 bridgehead atoms. The predicted octanol–water partition coefficient (Wildman–Crippen LogP) is 5.76. The fourth-order valence-corrected chi connectivity index (χ4v) is 2.42. The largest absolute Gasteiger partial charge is 0.491 e. The number of hydrogen-bond donors (Lipinski definition) is 0. The third kappa shape index (κ3) is 3.68. The van der Waals surface area contributed by atoms with Crippen molar-refractivity contribution in [2.75, 3.05) is 0 Å². The first-order chi connectivity index (χ1) is 9.47. The van der Waals surface area contributed by atoms with Crippen molar-refractivity contribution < 1.29 is 4.74 Å². The van der Waals surface area contributed by atoms with Crippen LogP contribution in [0.3, 0.4) is 0 Å². The van der Waals surface area contributed by atoms with Crippen molar-refractivity contribution in [3.05, 3.63) is 64.2 Å². The average molecular weight is 309 g/mol. The van der Waals surface area contributed by atoms with Crippen molar-refractivity contribution in [3.8, 4) is 5.75 Å². The topological polar surface area (TPSA) is 9.23 Å². The lowest BCUT2D eigenvalue weighted by atomic mass is 10.0. The Balaban J connectivity index is 2.20. The van der Waals surface area contributed by atoms with E-state index < -0.39 is 0 Å². The molecular formula is C17H18Cl2O. The minimum absolute atomic E-state index is 0.170. The van der Waals surface area contributed by atoms with Gasteiger partial charge in [-0.15, -0.1) is 11.6 Å². The molecule has 1 nitrogen and oxygen atoms in total. The Morgan fingerprint density at radius 3 is 2.10 bits per heavy atom. The molecule has 2 aromatic rings. The number of halogens is 2. The summed E-state index contributed by atoms with van der Waals surface area (Å²) in [6.07, 6.45) is 0.170. The lowest BCUT2D eigenvalue weighted by molar-refractivity contribution is 0.242. The Morgan fingerprint density at radius 1 is 0.950 bits per heavy atom. The lowest BCUT2D eigenvalue weighted by Gasteiger charge is -2.14. The minimum atomic E-state index is -0.207. The molecule has 0 aliphatic rings. The van der Waals surface area contributed by atoms with Crippen LogP contribution >= 0.6 is 23.2 Å². The maximum Gasteiger partial charge on any atom is 0.119 e. The Labute approximate surface area is 130 Å². The van der Waals surface area contributed by atoms with E-state index in [2.05, 4.69) is 0 Å². The van der Waals surface area contributed by atoms with Crippen molar-refractivity contribution in [1.82, 2.24) is 0 Å². The maximum absolute atomic E-state index is 6.51. The molecule has 0 saturated carbocycles. The van der Waals surface area contributed by atoms with Gasteiger partial charge in [-0.25, -0.2) is 0 Å². The summed E-state index contributed by atoms with van der Waals surface area (Å²) in [7, 11) is 0. The summed E-state index contributed by atoms with van der Waals surface area (Å²) < 4.78 is 5.63. The highest BCUT2D eigenvalue weighted by atomic mass is 35.5. The van der Waals surface area contributed by atoms with Gasteiger partial charge >= 0.3 is 0 Å². The molecule has 0 heterocycles. The van der Waals surface area contributed by atoms with Crippen LogP contribution in [0.25, 0.3) is 0 Å². The first-order valence-corrected chi connectivity index (χ1v) is 7.45. The van der Waals surface area contributed by atoms with Gasteiger partial charge in [-0.05, 0) is 55.7 Å². The molecule has 0 amide bonds. The average Bonchev–Trinajstić information content (AvgIpc) is 2.41. The SMILES string of the molecule is Cc1ccc(C(Cl)c2ccc(OC(C)C)cc2)cc1Cl. The van der Waals surface area contributed by atoms with Crippen LogP contribution < -0.4 is 4.74 Å². The van der Waals surface area contributed by atoms with E-state index in [-0.39, 0.29) is 11.5 Å². The smallest absolute Gasteiger partial charge is 0.119 e. The van der Waals surface area contributed by atoms with Gasteiger partial charge in [0.05, 0.1) is 11.5 Å². The van der Waals surface area contributed by atoms with Crippen LogP contribution in [-0.2, 0) is 0 Å². The fourth-order valence-electron chi connectivity index (χ4n) is 1.95. The molecule has 0 N–H and O–H groups in total. The zero-order valence-electron chi connectivity index (χ0n) is 11.9. The van der Waals surface area contributed by atoms with Crippen LogP contribution in [0.2, 0.25) is 5.02 Å². The third-order valence-corrected chi connectivity index (χ3v) is 3.94. The number of benzene rings is 2. The van der Waals surface area contributed by atoms with Gasteiger partial charge in [0.15, 0.2) is 0 Å². The standard InChI is InChI=1S/C17H18Cl2O/c1-11(2)20-15-8-6-13(7-9-15)17(19)14-5-4-12(3)16(18)10-14/h4-11,17H,1-3H3. The van der Waals surface area contributed by atoms with Crippen LogP contribution in [0.1, 0.15) is 35.9 Å². The summed E-state index contributed by atoms with van der Waals surface area (Å²) in [5.74, 6) is 0.856. The first kappa shape index (κ1) is 15.2. The van der Waals surface area contributed by atoms with Gasteiger partial charge in [0.1, 0.15) is 5.75 Å². The lowest BCUT2D eigenvalue weighted by Crippen LogP contribution is -2.05. The molecule has 0 fully saturated rings. The Hall–Kier alpha value is -1.18. The summed E-state index contributed by atoms with van der Waals surface area (Å²) in [6, 6.07) is 13.8. The number of aryl methyl sites for hydroxylation is 1. The first-order valence-electron chi connectivity index (χ1n) is 6.64. The van der Waals surface area contributed by atoms with Gasteiger partial charge in [-0.3, -0.25) is 0 Å². The van der Waals surface area contributed by atoms with E-state index in [9.17, 15) is 0 Å². The molecule has 3 heteroatoms. The third-order valence-electron chi connectivity index (χ3n) is 3.03. The summed E-state index contributed by atoms with van der Waals surface area (Å²) in [5, 5.41) is 0.536. The molecule has 2 rings (SSSR count). The molecule has 0 aliphatic heterocycles. The zero-order valence-corrected chi connectivity index (χ0v) is 13.4. The second-order valence-corrected chi connectivity index (χ2v) is 5.95. The van der Waals surface area contributed by atoms with Gasteiger partial charge < -0.3 is 4.74 Å². The monoisotopic (exact) mass is 308 g/mol. The normalized spacial score (nSPS) is 12.5. The molecule has 0 spiro atoms. The van der Waals surface area contributed by atoms with E-state index in [1.807, 2.05) is 63.2 Å². The minimum Gasteiger partial charge on any atom is -0.491 e. The van der Waals surface area contributed by atoms with E-state index in [1.54, 1.807) is 0 Å². The molecule has 1 atom stereocenters. The van der Waals surface area contributed by atoms with Crippen molar-refractivity contribution >= 4 is 23.2 Å². The highest BCUT2D eigenvalue weighted by Gasteiger charge is 2.12. The summed E-state index contributed by atoms with van der Waals surface area (Å²) in [6.45, 7) is 5.99. The molecular weight excluding hydrogens is 291 g/mol. The Bertz CT molecular complexity index is 576. The molecule has 0 aliphatic carbocycles. The zero-order chi connectivity index (χ0) is 14.7. The maximum atomic E-state index is 6.51. The quantitative estimate of drug-likeness (QED) is 0.652. The number of ether oxygens (including phenoxy) is 1. The Morgan fingerprint density at radius 2 is 1.55 bits per heavy atom. The number of alkyl halides is 1. The molecule has 2 aromatic carbocycles. The highest BCUT2D eigenvalue weighted by molar-refractivity contribution is 6.31. The second-order valence-electron chi connectivity index (χ2n) is 5.11. The van der Waals surface area contributed by atoms with Crippen LogP contribution in [0.5, 0.6) is 5.75 Å². The fraction of sp³-hybridized carbons (Fsp3) is 0.294.